The Kier molecular flexibility index (Phi) is 4.62. The van der Waals surface area contributed by atoms with Crippen molar-refractivity contribution in [3.63, 3.8) is 0 Å². The van der Waals surface area contributed by atoms with Gasteiger partial charge in [-0.1, -0.05) is 39.4 Å². The first-order valence-corrected chi connectivity index (χ1v) is 3.49. The molecule has 1 rings (SSSR count). The molecule has 1 radical (unpaired) electrons. The zero-order valence-electron chi connectivity index (χ0n) is 7.11. The molecule has 1 heterocycles. The molecule has 0 saturated carbocycles. The number of hydrogen-bond acceptors (Lipinski definition) is 1. The minimum atomic E-state index is 0. The van der Waals surface area contributed by atoms with Gasteiger partial charge in [-0.3, -0.25) is 5.92 Å². The van der Waals surface area contributed by atoms with Gasteiger partial charge in [0, 0.05) is 32.7 Å². The van der Waals surface area contributed by atoms with E-state index in [1.165, 1.54) is 6.42 Å². The molecule has 0 aromatic rings. The van der Waals surface area contributed by atoms with E-state index in [4.69, 9.17) is 4.74 Å². The summed E-state index contributed by atoms with van der Waals surface area (Å²) < 4.78 is 5.04. The van der Waals surface area contributed by atoms with E-state index in [2.05, 4.69) is 20.8 Å². The standard InChI is InChI=1S/C8H15O.Y/c1-8(2,3)4-7-5-9-6-7;/h4-6H2,1-3H3;/q-1;. The predicted octanol–water partition coefficient (Wildman–Crippen LogP) is 2.02. The Hall–Kier alpha value is 1.06. The summed E-state index contributed by atoms with van der Waals surface area (Å²) in [6.45, 7) is 8.61. The van der Waals surface area contributed by atoms with Gasteiger partial charge in [-0.25, -0.2) is 0 Å². The normalized spacial score (nSPS) is 19.5. The maximum Gasteiger partial charge on any atom is 0 e. The van der Waals surface area contributed by atoms with Crippen LogP contribution in [0.25, 0.3) is 0 Å². The SMILES string of the molecule is CC(C)(C)C[C-]1COC1.[Y]. The zero-order chi connectivity index (χ0) is 6.91. The first-order chi connectivity index (χ1) is 4.08. The number of rotatable bonds is 1. The van der Waals surface area contributed by atoms with Gasteiger partial charge in [-0.2, -0.15) is 6.42 Å². The van der Waals surface area contributed by atoms with E-state index in [1.807, 2.05) is 0 Å². The molecule has 1 nitrogen and oxygen atoms in total. The molecule has 10 heavy (non-hydrogen) atoms. The van der Waals surface area contributed by atoms with Crippen molar-refractivity contribution >= 4 is 0 Å². The molecule has 0 bridgehead atoms. The van der Waals surface area contributed by atoms with E-state index < -0.39 is 0 Å². The molecule has 1 aliphatic rings. The van der Waals surface area contributed by atoms with Crippen molar-refractivity contribution in [2.75, 3.05) is 13.2 Å². The molecule has 1 aliphatic heterocycles. The second-order valence-electron chi connectivity index (χ2n) is 3.98. The van der Waals surface area contributed by atoms with E-state index in [9.17, 15) is 0 Å². The van der Waals surface area contributed by atoms with E-state index in [0.29, 0.717) is 5.41 Å². The van der Waals surface area contributed by atoms with E-state index >= 15 is 0 Å². The molecule has 0 unspecified atom stereocenters. The molecular weight excluding hydrogens is 201 g/mol. The number of ether oxygens (including phenoxy) is 1. The Morgan fingerprint density at radius 1 is 1.30 bits per heavy atom. The Labute approximate surface area is 88.8 Å². The fourth-order valence-electron chi connectivity index (χ4n) is 1.10. The summed E-state index contributed by atoms with van der Waals surface area (Å²) in [6.07, 6.45) is 1.23. The molecule has 1 fully saturated rings. The maximum absolute atomic E-state index is 5.04. The average Bonchev–Trinajstić information content (AvgIpc) is 1.53. The van der Waals surface area contributed by atoms with Crippen molar-refractivity contribution in [2.24, 2.45) is 5.41 Å². The van der Waals surface area contributed by atoms with Crippen LogP contribution in [0.5, 0.6) is 0 Å². The molecule has 0 spiro atoms. The monoisotopic (exact) mass is 216 g/mol. The van der Waals surface area contributed by atoms with E-state index in [0.717, 1.165) is 13.2 Å². The van der Waals surface area contributed by atoms with Gasteiger partial charge >= 0.3 is 0 Å². The van der Waals surface area contributed by atoms with Gasteiger partial charge in [0.2, 0.25) is 0 Å². The molecular formula is C8H15OY-. The van der Waals surface area contributed by atoms with Crippen molar-refractivity contribution in [3.8, 4) is 0 Å². The fraction of sp³-hybridized carbons (Fsp3) is 0.875. The minimum Gasteiger partial charge on any atom is -0.444 e. The Morgan fingerprint density at radius 3 is 1.90 bits per heavy atom. The van der Waals surface area contributed by atoms with Crippen molar-refractivity contribution in [2.45, 2.75) is 27.2 Å². The Balaban J connectivity index is 0.000000810. The molecule has 0 atom stereocenters. The van der Waals surface area contributed by atoms with Crippen molar-refractivity contribution in [1.82, 2.24) is 0 Å². The van der Waals surface area contributed by atoms with Crippen LogP contribution in [-0.2, 0) is 37.4 Å². The van der Waals surface area contributed by atoms with Gasteiger partial charge in [0.1, 0.15) is 0 Å². The topological polar surface area (TPSA) is 9.23 Å². The van der Waals surface area contributed by atoms with Gasteiger partial charge in [-0.15, -0.1) is 0 Å². The van der Waals surface area contributed by atoms with Crippen LogP contribution in [0.2, 0.25) is 0 Å². The summed E-state index contributed by atoms with van der Waals surface area (Å²) >= 11 is 0. The van der Waals surface area contributed by atoms with Crippen molar-refractivity contribution in [1.29, 1.82) is 0 Å². The van der Waals surface area contributed by atoms with E-state index in [1.54, 1.807) is 5.92 Å². The third-order valence-corrected chi connectivity index (χ3v) is 1.39. The van der Waals surface area contributed by atoms with Gasteiger partial charge in [0.25, 0.3) is 0 Å². The van der Waals surface area contributed by atoms with Crippen LogP contribution in [0.3, 0.4) is 0 Å². The van der Waals surface area contributed by atoms with Crippen molar-refractivity contribution < 1.29 is 37.4 Å². The summed E-state index contributed by atoms with van der Waals surface area (Å²) in [7, 11) is 0. The smallest absolute Gasteiger partial charge is 0 e. The predicted molar refractivity (Wildman–Crippen MR) is 38.1 cm³/mol. The molecule has 0 aliphatic carbocycles. The van der Waals surface area contributed by atoms with E-state index in [-0.39, 0.29) is 32.7 Å². The molecule has 0 amide bonds. The van der Waals surface area contributed by atoms with Crippen LogP contribution >= 0.6 is 0 Å². The van der Waals surface area contributed by atoms with Crippen LogP contribution in [0.1, 0.15) is 27.2 Å². The third kappa shape index (κ3) is 4.05. The molecule has 1 saturated heterocycles. The Morgan fingerprint density at radius 2 is 1.80 bits per heavy atom. The van der Waals surface area contributed by atoms with Crippen LogP contribution < -0.4 is 0 Å². The van der Waals surface area contributed by atoms with Crippen LogP contribution in [0.15, 0.2) is 0 Å². The second-order valence-corrected chi connectivity index (χ2v) is 3.98. The summed E-state index contributed by atoms with van der Waals surface area (Å²) in [5.74, 6) is 1.57. The van der Waals surface area contributed by atoms with Gasteiger partial charge in [0.15, 0.2) is 0 Å². The maximum atomic E-state index is 5.04. The molecule has 0 aromatic heterocycles. The minimum absolute atomic E-state index is 0. The van der Waals surface area contributed by atoms with Gasteiger partial charge in [0.05, 0.1) is 0 Å². The van der Waals surface area contributed by atoms with Gasteiger partial charge < -0.3 is 4.74 Å². The summed E-state index contributed by atoms with van der Waals surface area (Å²) in [4.78, 5) is 0. The molecule has 0 N–H and O–H groups in total. The van der Waals surface area contributed by atoms with Crippen LogP contribution in [0.4, 0.5) is 0 Å². The van der Waals surface area contributed by atoms with Crippen molar-refractivity contribution in [3.05, 3.63) is 5.92 Å². The first kappa shape index (κ1) is 11.1. The average molecular weight is 216 g/mol. The van der Waals surface area contributed by atoms with Gasteiger partial charge in [-0.05, 0) is 0 Å². The summed E-state index contributed by atoms with van der Waals surface area (Å²) in [6, 6.07) is 0. The number of hydrogen-bond donors (Lipinski definition) is 0. The second kappa shape index (κ2) is 4.18. The summed E-state index contributed by atoms with van der Waals surface area (Å²) in [5.41, 5.74) is 0.457. The zero-order valence-corrected chi connectivity index (χ0v) is 9.95. The molecule has 2 heteroatoms. The molecule has 57 valence electrons. The molecule has 0 aromatic carbocycles. The quantitative estimate of drug-likeness (QED) is 0.609. The third-order valence-electron chi connectivity index (χ3n) is 1.39. The van der Waals surface area contributed by atoms with Crippen LogP contribution in [0, 0.1) is 11.3 Å². The largest absolute Gasteiger partial charge is 0.444 e. The summed E-state index contributed by atoms with van der Waals surface area (Å²) in [5, 5.41) is 0. The Bertz CT molecular complexity index is 91.9. The first-order valence-electron chi connectivity index (χ1n) is 3.49. The van der Waals surface area contributed by atoms with Crippen LogP contribution in [-0.4, -0.2) is 13.2 Å². The fourth-order valence-corrected chi connectivity index (χ4v) is 1.10.